The van der Waals surface area contributed by atoms with E-state index in [1.807, 2.05) is 48.5 Å². The van der Waals surface area contributed by atoms with Crippen LogP contribution in [-0.4, -0.2) is 17.0 Å². The van der Waals surface area contributed by atoms with Crippen LogP contribution in [0.15, 0.2) is 67.0 Å². The summed E-state index contributed by atoms with van der Waals surface area (Å²) in [5.41, 5.74) is 3.52. The molecule has 5 heteroatoms. The number of rotatable bonds is 5. The lowest BCUT2D eigenvalue weighted by atomic mass is 10.2. The molecule has 0 amide bonds. The maximum absolute atomic E-state index is 9.05. The molecule has 1 N–H and O–H groups in total. The minimum Gasteiger partial charge on any atom is -0.370 e. The smallest absolute Gasteiger partial charge is 0.183 e. The Labute approximate surface area is 141 Å². The molecule has 0 fully saturated rings. The van der Waals surface area contributed by atoms with Crippen LogP contribution in [0.2, 0.25) is 0 Å². The average Bonchev–Trinajstić information content (AvgIpc) is 2.63. The summed E-state index contributed by atoms with van der Waals surface area (Å²) in [6.45, 7) is 0.844. The normalized spacial score (nSPS) is 10.0. The molecular weight excluding hydrogens is 298 g/mol. The number of nitrogens with one attached hydrogen (secondary N) is 1. The third kappa shape index (κ3) is 3.68. The van der Waals surface area contributed by atoms with Crippen LogP contribution in [0, 0.1) is 11.3 Å². The maximum atomic E-state index is 9.05. The fourth-order valence-electron chi connectivity index (χ4n) is 2.40. The number of nitrogens with zero attached hydrogens (tertiary/aromatic N) is 4. The lowest BCUT2D eigenvalue weighted by Gasteiger charge is -2.20. The zero-order chi connectivity index (χ0) is 16.8. The molecule has 2 aromatic carbocycles. The van der Waals surface area contributed by atoms with E-state index in [9.17, 15) is 0 Å². The van der Waals surface area contributed by atoms with Gasteiger partial charge in [0.25, 0.3) is 0 Å². The van der Waals surface area contributed by atoms with Crippen LogP contribution in [-0.2, 0) is 6.54 Å². The molecule has 0 aliphatic carbocycles. The van der Waals surface area contributed by atoms with Gasteiger partial charge in [-0.2, -0.15) is 5.26 Å². The average molecular weight is 315 g/mol. The molecule has 1 aromatic heterocycles. The van der Waals surface area contributed by atoms with Gasteiger partial charge >= 0.3 is 0 Å². The van der Waals surface area contributed by atoms with E-state index in [-0.39, 0.29) is 5.69 Å². The van der Waals surface area contributed by atoms with Crippen LogP contribution in [0.4, 0.5) is 17.2 Å². The van der Waals surface area contributed by atoms with Crippen LogP contribution >= 0.6 is 0 Å². The van der Waals surface area contributed by atoms with Crippen molar-refractivity contribution >= 4 is 17.2 Å². The summed E-state index contributed by atoms with van der Waals surface area (Å²) in [4.78, 5) is 10.3. The van der Waals surface area contributed by atoms with Gasteiger partial charge in [0.15, 0.2) is 11.5 Å². The molecule has 118 valence electrons. The number of aromatic nitrogens is 2. The molecule has 3 aromatic rings. The molecule has 1 heterocycles. The highest BCUT2D eigenvalue weighted by atomic mass is 15.1. The summed E-state index contributed by atoms with van der Waals surface area (Å²) in [5, 5.41) is 12.2. The van der Waals surface area contributed by atoms with Gasteiger partial charge in [-0.25, -0.2) is 9.97 Å². The van der Waals surface area contributed by atoms with Gasteiger partial charge in [-0.15, -0.1) is 0 Å². The molecule has 0 aliphatic heterocycles. The largest absolute Gasteiger partial charge is 0.370 e. The Morgan fingerprint density at radius 3 is 2.42 bits per heavy atom. The monoisotopic (exact) mass is 315 g/mol. The van der Waals surface area contributed by atoms with Gasteiger partial charge in [-0.3, -0.25) is 0 Å². The fourth-order valence-corrected chi connectivity index (χ4v) is 2.40. The van der Waals surface area contributed by atoms with Gasteiger partial charge in [0.1, 0.15) is 6.07 Å². The highest BCUT2D eigenvalue weighted by molar-refractivity contribution is 5.63. The first-order valence-electron chi connectivity index (χ1n) is 7.59. The number of benzene rings is 2. The van der Waals surface area contributed by atoms with Crippen molar-refractivity contribution in [1.82, 2.24) is 9.97 Å². The number of hydrogen-bond donors (Lipinski definition) is 1. The summed E-state index contributed by atoms with van der Waals surface area (Å²) < 4.78 is 0. The van der Waals surface area contributed by atoms with Gasteiger partial charge in [0, 0.05) is 37.4 Å². The topological polar surface area (TPSA) is 64.8 Å². The first-order chi connectivity index (χ1) is 11.8. The van der Waals surface area contributed by atoms with Crippen molar-refractivity contribution in [1.29, 1.82) is 5.26 Å². The van der Waals surface area contributed by atoms with E-state index in [4.69, 9.17) is 5.26 Å². The number of nitriles is 1. The van der Waals surface area contributed by atoms with Crippen LogP contribution < -0.4 is 10.2 Å². The van der Waals surface area contributed by atoms with E-state index >= 15 is 0 Å². The summed E-state index contributed by atoms with van der Waals surface area (Å²) >= 11 is 0. The molecule has 0 saturated carbocycles. The van der Waals surface area contributed by atoms with Crippen molar-refractivity contribution in [2.45, 2.75) is 6.54 Å². The van der Waals surface area contributed by atoms with Gasteiger partial charge in [-0.05, 0) is 29.8 Å². The van der Waals surface area contributed by atoms with Gasteiger partial charge < -0.3 is 10.2 Å². The van der Waals surface area contributed by atoms with E-state index in [1.165, 1.54) is 11.8 Å². The standard InChI is InChI=1S/C19H17N5/c1-24(14-15-5-3-2-4-6-15)17-9-7-16(8-10-17)23-19-18(13-20)21-11-12-22-19/h2-12H,14H2,1H3,(H,22,23). The summed E-state index contributed by atoms with van der Waals surface area (Å²) in [5.74, 6) is 0.463. The van der Waals surface area contributed by atoms with Crippen molar-refractivity contribution < 1.29 is 0 Å². The minimum absolute atomic E-state index is 0.280. The first-order valence-corrected chi connectivity index (χ1v) is 7.59. The number of hydrogen-bond acceptors (Lipinski definition) is 5. The number of anilines is 3. The summed E-state index contributed by atoms with van der Waals surface area (Å²) in [7, 11) is 2.06. The van der Waals surface area contributed by atoms with Crippen molar-refractivity contribution in [2.24, 2.45) is 0 Å². The molecular formula is C19H17N5. The molecule has 0 atom stereocenters. The Bertz CT molecular complexity index is 838. The van der Waals surface area contributed by atoms with Crippen molar-refractivity contribution in [3.63, 3.8) is 0 Å². The second-order valence-electron chi connectivity index (χ2n) is 5.38. The van der Waals surface area contributed by atoms with Crippen LogP contribution in [0.3, 0.4) is 0 Å². The first kappa shape index (κ1) is 15.5. The minimum atomic E-state index is 0.280. The zero-order valence-corrected chi connectivity index (χ0v) is 13.3. The lowest BCUT2D eigenvalue weighted by Crippen LogP contribution is -2.16. The second-order valence-corrected chi connectivity index (χ2v) is 5.38. The molecule has 0 spiro atoms. The van der Waals surface area contributed by atoms with E-state index in [0.29, 0.717) is 5.82 Å². The second kappa shape index (κ2) is 7.25. The Morgan fingerprint density at radius 2 is 1.71 bits per heavy atom. The van der Waals surface area contributed by atoms with Gasteiger partial charge in [0.2, 0.25) is 0 Å². The third-order valence-electron chi connectivity index (χ3n) is 3.64. The molecule has 0 bridgehead atoms. The molecule has 0 unspecified atom stereocenters. The Hall–Kier alpha value is -3.39. The Kier molecular flexibility index (Phi) is 4.68. The Balaban J connectivity index is 1.70. The summed E-state index contributed by atoms with van der Waals surface area (Å²) in [6.07, 6.45) is 3.07. The van der Waals surface area contributed by atoms with Crippen molar-refractivity contribution in [3.8, 4) is 6.07 Å². The lowest BCUT2D eigenvalue weighted by molar-refractivity contribution is 0.923. The predicted molar refractivity (Wildman–Crippen MR) is 95.0 cm³/mol. The van der Waals surface area contributed by atoms with E-state index < -0.39 is 0 Å². The van der Waals surface area contributed by atoms with Crippen molar-refractivity contribution in [3.05, 3.63) is 78.2 Å². The Morgan fingerprint density at radius 1 is 1.00 bits per heavy atom. The molecule has 3 rings (SSSR count). The fraction of sp³-hybridized carbons (Fsp3) is 0.105. The van der Waals surface area contributed by atoms with Gasteiger partial charge in [0.05, 0.1) is 0 Å². The predicted octanol–water partition coefficient (Wildman–Crippen LogP) is 3.73. The van der Waals surface area contributed by atoms with Gasteiger partial charge in [-0.1, -0.05) is 30.3 Å². The molecule has 24 heavy (non-hydrogen) atoms. The van der Waals surface area contributed by atoms with Crippen LogP contribution in [0.5, 0.6) is 0 Å². The van der Waals surface area contributed by atoms with E-state index in [1.54, 1.807) is 6.20 Å². The maximum Gasteiger partial charge on any atom is 0.183 e. The highest BCUT2D eigenvalue weighted by Gasteiger charge is 2.06. The van der Waals surface area contributed by atoms with E-state index in [0.717, 1.165) is 17.9 Å². The third-order valence-corrected chi connectivity index (χ3v) is 3.64. The van der Waals surface area contributed by atoms with E-state index in [2.05, 4.69) is 39.4 Å². The van der Waals surface area contributed by atoms with Crippen LogP contribution in [0.25, 0.3) is 0 Å². The highest BCUT2D eigenvalue weighted by Crippen LogP contribution is 2.21. The SMILES string of the molecule is CN(Cc1ccccc1)c1ccc(Nc2nccnc2C#N)cc1. The summed E-state index contributed by atoms with van der Waals surface area (Å²) in [6, 6.07) is 20.4. The van der Waals surface area contributed by atoms with Crippen LogP contribution in [0.1, 0.15) is 11.3 Å². The molecule has 0 radical (unpaired) electrons. The quantitative estimate of drug-likeness (QED) is 0.777. The van der Waals surface area contributed by atoms with Crippen molar-refractivity contribution in [2.75, 3.05) is 17.3 Å². The molecule has 0 aliphatic rings. The molecule has 0 saturated heterocycles. The molecule has 5 nitrogen and oxygen atoms in total. The zero-order valence-electron chi connectivity index (χ0n) is 13.3.